The lowest BCUT2D eigenvalue weighted by molar-refractivity contribution is -0.140. The van der Waals surface area contributed by atoms with Crippen molar-refractivity contribution < 1.29 is 19.4 Å². The Hall–Kier alpha value is -2.99. The Kier molecular flexibility index (Phi) is 5.90. The van der Waals surface area contributed by atoms with Crippen LogP contribution in [-0.2, 0) is 14.3 Å². The van der Waals surface area contributed by atoms with Gasteiger partial charge in [-0.25, -0.2) is 0 Å². The van der Waals surface area contributed by atoms with E-state index in [0.29, 0.717) is 12.2 Å². The highest BCUT2D eigenvalue weighted by molar-refractivity contribution is 6.46. The molecule has 0 aliphatic carbocycles. The Morgan fingerprint density at radius 3 is 2.57 bits per heavy atom. The van der Waals surface area contributed by atoms with Gasteiger partial charge in [-0.05, 0) is 38.5 Å². The van der Waals surface area contributed by atoms with E-state index in [1.807, 2.05) is 45.0 Å². The Balaban J connectivity index is 2.08. The van der Waals surface area contributed by atoms with Gasteiger partial charge in [-0.15, -0.1) is 0 Å². The van der Waals surface area contributed by atoms with Crippen LogP contribution in [0, 0.1) is 6.92 Å². The third kappa shape index (κ3) is 3.97. The van der Waals surface area contributed by atoms with E-state index >= 15 is 0 Å². The molecule has 2 aromatic rings. The number of Topliss-reactive ketones (excluding diaryl/α,β-unsaturated/α-hetero) is 1. The summed E-state index contributed by atoms with van der Waals surface area (Å²) in [6, 6.07) is 10.2. The number of aliphatic hydroxyl groups is 1. The molecule has 1 saturated heterocycles. The first-order valence-corrected chi connectivity index (χ1v) is 9.27. The number of rotatable bonds is 6. The number of nitrogens with zero attached hydrogens (tertiary/aromatic N) is 2. The fourth-order valence-electron chi connectivity index (χ4n) is 3.35. The summed E-state index contributed by atoms with van der Waals surface area (Å²) in [4.78, 5) is 31.0. The summed E-state index contributed by atoms with van der Waals surface area (Å²) in [6.45, 7) is 6.34. The lowest BCUT2D eigenvalue weighted by Gasteiger charge is -2.26. The Morgan fingerprint density at radius 1 is 1.21 bits per heavy atom. The molecule has 1 aliphatic heterocycles. The fraction of sp³-hybridized carbons (Fsp3) is 0.318. The van der Waals surface area contributed by atoms with Crippen molar-refractivity contribution in [3.63, 3.8) is 0 Å². The molecule has 0 bridgehead atoms. The third-order valence-corrected chi connectivity index (χ3v) is 4.63. The summed E-state index contributed by atoms with van der Waals surface area (Å²) >= 11 is 0. The molecule has 1 N–H and O–H groups in total. The van der Waals surface area contributed by atoms with E-state index in [0.717, 1.165) is 11.1 Å². The first-order chi connectivity index (χ1) is 13.4. The van der Waals surface area contributed by atoms with E-state index < -0.39 is 17.7 Å². The van der Waals surface area contributed by atoms with Crippen LogP contribution in [0.15, 0.2) is 54.4 Å². The highest BCUT2D eigenvalue weighted by atomic mass is 16.5. The van der Waals surface area contributed by atoms with Crippen molar-refractivity contribution >= 4 is 17.4 Å². The van der Waals surface area contributed by atoms with E-state index in [1.54, 1.807) is 12.1 Å². The van der Waals surface area contributed by atoms with Crippen LogP contribution in [-0.4, -0.2) is 45.9 Å². The van der Waals surface area contributed by atoms with Gasteiger partial charge in [0.25, 0.3) is 11.7 Å². The molecule has 1 atom stereocenters. The highest BCUT2D eigenvalue weighted by Crippen LogP contribution is 2.39. The van der Waals surface area contributed by atoms with Crippen molar-refractivity contribution in [3.8, 4) is 0 Å². The number of carbonyl (C=O) groups is 2. The lowest BCUT2D eigenvalue weighted by Crippen LogP contribution is -2.33. The number of aromatic nitrogens is 1. The number of aryl methyl sites for hydroxylation is 1. The molecule has 1 aromatic heterocycles. The number of likely N-dealkylation sites (tertiary alicyclic amines) is 1. The van der Waals surface area contributed by atoms with Crippen LogP contribution in [0.3, 0.4) is 0 Å². The smallest absolute Gasteiger partial charge is 0.295 e. The van der Waals surface area contributed by atoms with Crippen molar-refractivity contribution in [1.82, 2.24) is 9.88 Å². The number of aliphatic hydroxyl groups excluding tert-OH is 1. The molecule has 0 radical (unpaired) electrons. The second-order valence-electron chi connectivity index (χ2n) is 7.06. The molecule has 2 heterocycles. The zero-order valence-electron chi connectivity index (χ0n) is 16.3. The predicted molar refractivity (Wildman–Crippen MR) is 106 cm³/mol. The van der Waals surface area contributed by atoms with Gasteiger partial charge in [0.1, 0.15) is 5.76 Å². The van der Waals surface area contributed by atoms with E-state index in [2.05, 4.69) is 4.98 Å². The average molecular weight is 380 g/mol. The van der Waals surface area contributed by atoms with Crippen LogP contribution in [0.4, 0.5) is 0 Å². The first kappa shape index (κ1) is 19.8. The van der Waals surface area contributed by atoms with Gasteiger partial charge >= 0.3 is 0 Å². The molecule has 28 heavy (non-hydrogen) atoms. The number of carbonyl (C=O) groups excluding carboxylic acids is 2. The summed E-state index contributed by atoms with van der Waals surface area (Å²) in [5.74, 6) is -1.51. The summed E-state index contributed by atoms with van der Waals surface area (Å²) in [5, 5.41) is 10.9. The molecule has 6 heteroatoms. The van der Waals surface area contributed by atoms with Crippen LogP contribution < -0.4 is 0 Å². The minimum absolute atomic E-state index is 0.0195. The maximum Gasteiger partial charge on any atom is 0.295 e. The van der Waals surface area contributed by atoms with Gasteiger partial charge in [-0.3, -0.25) is 14.6 Å². The topological polar surface area (TPSA) is 79.7 Å². The summed E-state index contributed by atoms with van der Waals surface area (Å²) < 4.78 is 5.58. The summed E-state index contributed by atoms with van der Waals surface area (Å²) in [5.41, 5.74) is 2.32. The van der Waals surface area contributed by atoms with Gasteiger partial charge in [0.2, 0.25) is 0 Å². The standard InChI is InChI=1S/C22H24N2O4/c1-14(2)28-12-11-24-19(17-6-4-5-15(3)13-17)18(21(26)22(24)27)20(25)16-7-9-23-10-8-16/h4-10,13-14,19,25H,11-12H2,1-3H3/b20-18-. The number of pyridine rings is 1. The molecule has 0 saturated carbocycles. The normalized spacial score (nSPS) is 18.9. The quantitative estimate of drug-likeness (QED) is 0.473. The Morgan fingerprint density at radius 2 is 1.93 bits per heavy atom. The molecule has 1 unspecified atom stereocenters. The number of ether oxygens (including phenoxy) is 1. The van der Waals surface area contributed by atoms with Crippen molar-refractivity contribution in [2.75, 3.05) is 13.2 Å². The second-order valence-corrected chi connectivity index (χ2v) is 7.06. The largest absolute Gasteiger partial charge is 0.507 e. The number of hydrogen-bond donors (Lipinski definition) is 1. The monoisotopic (exact) mass is 380 g/mol. The van der Waals surface area contributed by atoms with Crippen LogP contribution in [0.25, 0.3) is 5.76 Å². The van der Waals surface area contributed by atoms with Gasteiger partial charge in [0, 0.05) is 24.5 Å². The molecule has 1 amide bonds. The van der Waals surface area contributed by atoms with Gasteiger partial charge in [0.05, 0.1) is 24.3 Å². The zero-order valence-corrected chi connectivity index (χ0v) is 16.3. The number of hydrogen-bond acceptors (Lipinski definition) is 5. The van der Waals surface area contributed by atoms with Crippen LogP contribution in [0.5, 0.6) is 0 Å². The number of amides is 1. The Bertz CT molecular complexity index is 906. The van der Waals surface area contributed by atoms with Gasteiger partial charge in [-0.2, -0.15) is 0 Å². The first-order valence-electron chi connectivity index (χ1n) is 9.27. The van der Waals surface area contributed by atoms with E-state index in [9.17, 15) is 14.7 Å². The number of benzene rings is 1. The molecule has 1 aliphatic rings. The predicted octanol–water partition coefficient (Wildman–Crippen LogP) is 3.24. The average Bonchev–Trinajstić information content (AvgIpc) is 2.93. The maximum atomic E-state index is 12.8. The minimum atomic E-state index is -0.689. The zero-order chi connectivity index (χ0) is 20.3. The van der Waals surface area contributed by atoms with Crippen LogP contribution >= 0.6 is 0 Å². The Labute approximate surface area is 164 Å². The minimum Gasteiger partial charge on any atom is -0.507 e. The third-order valence-electron chi connectivity index (χ3n) is 4.63. The van der Waals surface area contributed by atoms with Crippen LogP contribution in [0.2, 0.25) is 0 Å². The van der Waals surface area contributed by atoms with E-state index in [4.69, 9.17) is 4.74 Å². The van der Waals surface area contributed by atoms with Crippen molar-refractivity contribution in [2.45, 2.75) is 32.9 Å². The molecule has 0 spiro atoms. The van der Waals surface area contributed by atoms with Crippen LogP contribution in [0.1, 0.15) is 36.6 Å². The van der Waals surface area contributed by atoms with Crippen molar-refractivity contribution in [2.24, 2.45) is 0 Å². The van der Waals surface area contributed by atoms with Crippen molar-refractivity contribution in [1.29, 1.82) is 0 Å². The molecular formula is C22H24N2O4. The molecular weight excluding hydrogens is 356 g/mol. The molecule has 1 aromatic carbocycles. The van der Waals surface area contributed by atoms with Gasteiger partial charge in [-0.1, -0.05) is 29.8 Å². The molecule has 3 rings (SSSR count). The molecule has 1 fully saturated rings. The lowest BCUT2D eigenvalue weighted by atomic mass is 9.94. The summed E-state index contributed by atoms with van der Waals surface area (Å²) in [6.07, 6.45) is 3.08. The highest BCUT2D eigenvalue weighted by Gasteiger charge is 2.45. The number of ketones is 1. The SMILES string of the molecule is Cc1cccc(C2/C(=C(/O)c3ccncc3)C(=O)C(=O)N2CCOC(C)C)c1. The fourth-order valence-corrected chi connectivity index (χ4v) is 3.35. The summed E-state index contributed by atoms with van der Waals surface area (Å²) in [7, 11) is 0. The van der Waals surface area contributed by atoms with Crippen molar-refractivity contribution in [3.05, 3.63) is 71.1 Å². The molecule has 146 valence electrons. The van der Waals surface area contributed by atoms with E-state index in [-0.39, 0.29) is 24.0 Å². The van der Waals surface area contributed by atoms with Gasteiger partial charge in [0.15, 0.2) is 0 Å². The second kappa shape index (κ2) is 8.35. The molecule has 6 nitrogen and oxygen atoms in total. The van der Waals surface area contributed by atoms with E-state index in [1.165, 1.54) is 17.3 Å². The maximum absolute atomic E-state index is 12.8. The van der Waals surface area contributed by atoms with Gasteiger partial charge < -0.3 is 14.7 Å².